The van der Waals surface area contributed by atoms with E-state index >= 15 is 0 Å². The van der Waals surface area contributed by atoms with Gasteiger partial charge in [0.25, 0.3) is 0 Å². The third-order valence-corrected chi connectivity index (χ3v) is 1.15. The summed E-state index contributed by atoms with van der Waals surface area (Å²) < 4.78 is 0. The van der Waals surface area contributed by atoms with Crippen molar-refractivity contribution in [3.63, 3.8) is 0 Å². The minimum atomic E-state index is -0.315. The zero-order valence-electron chi connectivity index (χ0n) is 8.49. The topological polar surface area (TPSA) is 62.2 Å². The lowest BCUT2D eigenvalue weighted by Crippen LogP contribution is -2.42. The first-order chi connectivity index (χ1) is 6.02. The predicted octanol–water partition coefficient (Wildman–Crippen LogP) is -0.0653. The van der Waals surface area contributed by atoms with Crippen molar-refractivity contribution in [2.75, 3.05) is 26.4 Å². The minimum absolute atomic E-state index is 0.0605. The molecule has 13 heavy (non-hydrogen) atoms. The summed E-state index contributed by atoms with van der Waals surface area (Å²) in [4.78, 5) is 10.2. The van der Waals surface area contributed by atoms with Crippen molar-refractivity contribution < 1.29 is 19.9 Å². The van der Waals surface area contributed by atoms with E-state index in [0.717, 1.165) is 0 Å². The molecule has 0 saturated carbocycles. The Kier molecular flexibility index (Phi) is 6.19. The maximum atomic E-state index is 8.55. The first-order valence-electron chi connectivity index (χ1n) is 4.30. The van der Waals surface area contributed by atoms with E-state index in [1.165, 1.54) is 5.23 Å². The van der Waals surface area contributed by atoms with Crippen LogP contribution in [0, 0.1) is 0 Å². The van der Waals surface area contributed by atoms with Gasteiger partial charge in [-0.25, -0.2) is 0 Å². The van der Waals surface area contributed by atoms with Crippen molar-refractivity contribution in [3.05, 3.63) is 0 Å². The normalized spacial score (nSPS) is 12.5. The first-order valence-corrected chi connectivity index (χ1v) is 4.30. The van der Waals surface area contributed by atoms with Crippen LogP contribution < -0.4 is 0 Å². The lowest BCUT2D eigenvalue weighted by molar-refractivity contribution is -0.407. The van der Waals surface area contributed by atoms with E-state index in [0.29, 0.717) is 0 Å². The Morgan fingerprint density at radius 3 is 1.62 bits per heavy atom. The standard InChI is InChI=1S/C8H19NO4/c1-8(2,3)9(12-6-4-10)13-7-5-11/h10-11H,4-7H2,1-3H3. The van der Waals surface area contributed by atoms with E-state index in [9.17, 15) is 0 Å². The fraction of sp³-hybridized carbons (Fsp3) is 1.00. The molecule has 2 N–H and O–H groups in total. The molecule has 0 aliphatic heterocycles. The highest BCUT2D eigenvalue weighted by Crippen LogP contribution is 2.13. The van der Waals surface area contributed by atoms with Crippen LogP contribution in [0.2, 0.25) is 0 Å². The summed E-state index contributed by atoms with van der Waals surface area (Å²) in [5.41, 5.74) is -0.315. The first kappa shape index (κ1) is 12.8. The summed E-state index contributed by atoms with van der Waals surface area (Å²) in [5.74, 6) is 0. The molecule has 0 spiro atoms. The van der Waals surface area contributed by atoms with Crippen molar-refractivity contribution in [2.24, 2.45) is 0 Å². The number of hydroxylamine groups is 2. The number of rotatable bonds is 6. The highest BCUT2D eigenvalue weighted by atomic mass is 17.0. The lowest BCUT2D eigenvalue weighted by atomic mass is 10.1. The molecule has 0 rings (SSSR count). The van der Waals surface area contributed by atoms with Crippen LogP contribution in [-0.2, 0) is 9.68 Å². The number of nitrogens with zero attached hydrogens (tertiary/aromatic N) is 1. The van der Waals surface area contributed by atoms with Crippen LogP contribution in [0.15, 0.2) is 0 Å². The zero-order chi connectivity index (χ0) is 10.3. The molecule has 80 valence electrons. The fourth-order valence-electron chi connectivity index (χ4n) is 0.672. The molecular formula is C8H19NO4. The Bertz CT molecular complexity index is 116. The molecule has 0 aromatic rings. The summed E-state index contributed by atoms with van der Waals surface area (Å²) in [6.07, 6.45) is 0. The monoisotopic (exact) mass is 193 g/mol. The third kappa shape index (κ3) is 5.95. The second-order valence-corrected chi connectivity index (χ2v) is 3.54. The van der Waals surface area contributed by atoms with Gasteiger partial charge in [-0.1, -0.05) is 5.23 Å². The molecule has 0 bridgehead atoms. The number of aliphatic hydroxyl groups excluding tert-OH is 2. The van der Waals surface area contributed by atoms with E-state index in [4.69, 9.17) is 19.9 Å². The number of aliphatic hydroxyl groups is 2. The van der Waals surface area contributed by atoms with Gasteiger partial charge in [0.15, 0.2) is 0 Å². The fourth-order valence-corrected chi connectivity index (χ4v) is 0.672. The lowest BCUT2D eigenvalue weighted by Gasteiger charge is -2.32. The van der Waals surface area contributed by atoms with Gasteiger partial charge >= 0.3 is 0 Å². The zero-order valence-corrected chi connectivity index (χ0v) is 8.49. The molecule has 0 aliphatic carbocycles. The Morgan fingerprint density at radius 2 is 1.38 bits per heavy atom. The molecular weight excluding hydrogens is 174 g/mol. The Hall–Kier alpha value is -0.200. The van der Waals surface area contributed by atoms with Gasteiger partial charge in [0.05, 0.1) is 32.0 Å². The van der Waals surface area contributed by atoms with Crippen LogP contribution in [0.5, 0.6) is 0 Å². The molecule has 0 heterocycles. The second-order valence-electron chi connectivity index (χ2n) is 3.54. The van der Waals surface area contributed by atoms with Gasteiger partial charge in [0.2, 0.25) is 0 Å². The van der Waals surface area contributed by atoms with Crippen LogP contribution >= 0.6 is 0 Å². The molecule has 0 saturated heterocycles. The molecule has 0 unspecified atom stereocenters. The molecule has 5 nitrogen and oxygen atoms in total. The Labute approximate surface area is 78.8 Å². The second kappa shape index (κ2) is 6.28. The quantitative estimate of drug-likeness (QED) is 0.578. The van der Waals surface area contributed by atoms with Crippen LogP contribution in [0.4, 0.5) is 0 Å². The van der Waals surface area contributed by atoms with E-state index in [1.807, 2.05) is 20.8 Å². The summed E-state index contributed by atoms with van der Waals surface area (Å²) >= 11 is 0. The van der Waals surface area contributed by atoms with Crippen molar-refractivity contribution in [2.45, 2.75) is 26.3 Å². The van der Waals surface area contributed by atoms with Crippen molar-refractivity contribution in [1.82, 2.24) is 5.23 Å². The summed E-state index contributed by atoms with van der Waals surface area (Å²) in [6, 6.07) is 0. The van der Waals surface area contributed by atoms with Crippen LogP contribution in [0.25, 0.3) is 0 Å². The smallest absolute Gasteiger partial charge is 0.0943 e. The van der Waals surface area contributed by atoms with Gasteiger partial charge in [0.1, 0.15) is 0 Å². The largest absolute Gasteiger partial charge is 0.394 e. The van der Waals surface area contributed by atoms with Crippen LogP contribution in [-0.4, -0.2) is 47.4 Å². The molecule has 0 aromatic heterocycles. The molecule has 0 aliphatic rings. The van der Waals surface area contributed by atoms with Gasteiger partial charge in [-0.15, -0.1) is 0 Å². The third-order valence-electron chi connectivity index (χ3n) is 1.15. The molecule has 0 aromatic carbocycles. The van der Waals surface area contributed by atoms with Crippen molar-refractivity contribution >= 4 is 0 Å². The van der Waals surface area contributed by atoms with Crippen molar-refractivity contribution in [3.8, 4) is 0 Å². The summed E-state index contributed by atoms with van der Waals surface area (Å²) in [7, 11) is 0. The van der Waals surface area contributed by atoms with E-state index in [1.54, 1.807) is 0 Å². The van der Waals surface area contributed by atoms with E-state index in [2.05, 4.69) is 0 Å². The van der Waals surface area contributed by atoms with Gasteiger partial charge < -0.3 is 10.2 Å². The highest BCUT2D eigenvalue weighted by molar-refractivity contribution is 4.63. The molecule has 0 amide bonds. The van der Waals surface area contributed by atoms with Gasteiger partial charge in [-0.3, -0.25) is 9.68 Å². The van der Waals surface area contributed by atoms with Gasteiger partial charge in [-0.2, -0.15) is 0 Å². The molecule has 0 fully saturated rings. The van der Waals surface area contributed by atoms with Crippen LogP contribution in [0.3, 0.4) is 0 Å². The Balaban J connectivity index is 3.88. The van der Waals surface area contributed by atoms with E-state index in [-0.39, 0.29) is 32.0 Å². The van der Waals surface area contributed by atoms with E-state index < -0.39 is 0 Å². The van der Waals surface area contributed by atoms with Gasteiger partial charge in [0, 0.05) is 0 Å². The Morgan fingerprint density at radius 1 is 1.00 bits per heavy atom. The SMILES string of the molecule is CC(C)(C)N(OCCO)OCCO. The average molecular weight is 193 g/mol. The average Bonchev–Trinajstić information content (AvgIpc) is 2.02. The molecule has 0 radical (unpaired) electrons. The maximum absolute atomic E-state index is 8.55. The van der Waals surface area contributed by atoms with Crippen LogP contribution in [0.1, 0.15) is 20.8 Å². The van der Waals surface area contributed by atoms with Crippen molar-refractivity contribution in [1.29, 1.82) is 0 Å². The number of hydrogen-bond acceptors (Lipinski definition) is 5. The predicted molar refractivity (Wildman–Crippen MR) is 47.7 cm³/mol. The summed E-state index contributed by atoms with van der Waals surface area (Å²) in [6.45, 7) is 5.96. The minimum Gasteiger partial charge on any atom is -0.394 e. The summed E-state index contributed by atoms with van der Waals surface area (Å²) in [5, 5.41) is 18.4. The highest BCUT2D eigenvalue weighted by Gasteiger charge is 2.23. The maximum Gasteiger partial charge on any atom is 0.0943 e. The van der Waals surface area contributed by atoms with Gasteiger partial charge in [-0.05, 0) is 20.8 Å². The molecule has 0 atom stereocenters. The number of hydrogen-bond donors (Lipinski definition) is 2. The molecule has 5 heteroatoms.